The highest BCUT2D eigenvalue weighted by Gasteiger charge is 2.10. The number of nitrogens with zero attached hydrogens (tertiary/aromatic N) is 2. The maximum atomic E-state index is 5.85. The minimum absolute atomic E-state index is 0.633. The zero-order chi connectivity index (χ0) is 13.4. The van der Waals surface area contributed by atoms with Crippen LogP contribution in [0.3, 0.4) is 0 Å². The number of nitrogen functional groups attached to an aromatic ring is 1. The summed E-state index contributed by atoms with van der Waals surface area (Å²) in [6.45, 7) is 1.99. The first-order chi connectivity index (χ1) is 9.20. The van der Waals surface area contributed by atoms with Crippen LogP contribution in [0.5, 0.6) is 5.75 Å². The fourth-order valence-electron chi connectivity index (χ4n) is 2.31. The zero-order valence-corrected chi connectivity index (χ0v) is 10.9. The van der Waals surface area contributed by atoms with Crippen LogP contribution in [0.4, 0.5) is 5.69 Å². The van der Waals surface area contributed by atoms with Gasteiger partial charge in [-0.15, -0.1) is 0 Å². The van der Waals surface area contributed by atoms with Gasteiger partial charge in [0.2, 0.25) is 0 Å². The Kier molecular flexibility index (Phi) is 2.63. The number of hydrogen-bond acceptors (Lipinski definition) is 3. The second-order valence-corrected chi connectivity index (χ2v) is 4.41. The van der Waals surface area contributed by atoms with Crippen LogP contribution in [0.15, 0.2) is 42.5 Å². The number of ether oxygens (including phenoxy) is 1. The van der Waals surface area contributed by atoms with Crippen LogP contribution >= 0.6 is 0 Å². The number of benzene rings is 2. The Morgan fingerprint density at radius 2 is 1.95 bits per heavy atom. The first-order valence-corrected chi connectivity index (χ1v) is 6.08. The molecule has 1 aromatic heterocycles. The van der Waals surface area contributed by atoms with Crippen molar-refractivity contribution in [2.24, 2.45) is 0 Å². The smallest absolute Gasteiger partial charge is 0.143 e. The number of imidazole rings is 1. The molecule has 0 atom stereocenters. The van der Waals surface area contributed by atoms with Crippen LogP contribution in [0.1, 0.15) is 5.82 Å². The molecule has 0 unspecified atom stereocenters. The lowest BCUT2D eigenvalue weighted by Crippen LogP contribution is -1.99. The number of rotatable bonds is 2. The van der Waals surface area contributed by atoms with E-state index in [2.05, 4.69) is 15.6 Å². The van der Waals surface area contributed by atoms with E-state index in [-0.39, 0.29) is 0 Å². The first kappa shape index (κ1) is 11.6. The normalized spacial score (nSPS) is 10.8. The van der Waals surface area contributed by atoms with E-state index in [0.29, 0.717) is 11.4 Å². The number of aryl methyl sites for hydroxylation is 1. The molecule has 0 radical (unpaired) electrons. The lowest BCUT2D eigenvalue weighted by Gasteiger charge is -2.10. The highest BCUT2D eigenvalue weighted by atomic mass is 16.5. The van der Waals surface area contributed by atoms with Crippen LogP contribution in [0, 0.1) is 6.92 Å². The third-order valence-electron chi connectivity index (χ3n) is 3.20. The molecule has 0 aliphatic rings. The number of methoxy groups -OCH3 is 1. The second-order valence-electron chi connectivity index (χ2n) is 4.41. The van der Waals surface area contributed by atoms with Gasteiger partial charge in [0.05, 0.1) is 29.5 Å². The molecule has 4 heteroatoms. The van der Waals surface area contributed by atoms with Crippen molar-refractivity contribution in [1.29, 1.82) is 0 Å². The lowest BCUT2D eigenvalue weighted by atomic mass is 10.2. The van der Waals surface area contributed by atoms with Gasteiger partial charge in [0.1, 0.15) is 11.6 Å². The topological polar surface area (TPSA) is 53.1 Å². The van der Waals surface area contributed by atoms with Gasteiger partial charge in [-0.3, -0.25) is 4.57 Å². The minimum Gasteiger partial charge on any atom is -0.495 e. The average Bonchev–Trinajstić information content (AvgIpc) is 2.75. The van der Waals surface area contributed by atoms with E-state index in [0.717, 1.165) is 22.5 Å². The van der Waals surface area contributed by atoms with Gasteiger partial charge in [-0.25, -0.2) is 4.98 Å². The van der Waals surface area contributed by atoms with Crippen LogP contribution < -0.4 is 10.5 Å². The summed E-state index contributed by atoms with van der Waals surface area (Å²) in [5.41, 5.74) is 9.54. The molecule has 96 valence electrons. The largest absolute Gasteiger partial charge is 0.495 e. The molecule has 19 heavy (non-hydrogen) atoms. The summed E-state index contributed by atoms with van der Waals surface area (Å²) in [7, 11) is 1.62. The van der Waals surface area contributed by atoms with Gasteiger partial charge in [-0.2, -0.15) is 0 Å². The number of nitrogens with two attached hydrogens (primary N) is 1. The van der Waals surface area contributed by atoms with E-state index >= 15 is 0 Å². The Labute approximate surface area is 111 Å². The summed E-state index contributed by atoms with van der Waals surface area (Å²) in [5.74, 6) is 1.61. The van der Waals surface area contributed by atoms with Gasteiger partial charge < -0.3 is 10.5 Å². The minimum atomic E-state index is 0.633. The molecule has 3 aromatic rings. The molecule has 0 saturated carbocycles. The Bertz CT molecular complexity index is 746. The van der Waals surface area contributed by atoms with E-state index < -0.39 is 0 Å². The molecule has 2 aromatic carbocycles. The molecule has 0 amide bonds. The van der Waals surface area contributed by atoms with Gasteiger partial charge in [0.25, 0.3) is 0 Å². The summed E-state index contributed by atoms with van der Waals surface area (Å²) in [4.78, 5) is 4.56. The highest BCUT2D eigenvalue weighted by molar-refractivity contribution is 5.78. The molecule has 2 N–H and O–H groups in total. The van der Waals surface area contributed by atoms with E-state index in [4.69, 9.17) is 10.5 Å². The number of para-hydroxylation sites is 2. The quantitative estimate of drug-likeness (QED) is 0.714. The number of anilines is 1. The molecule has 0 aliphatic carbocycles. The van der Waals surface area contributed by atoms with Gasteiger partial charge in [0, 0.05) is 6.07 Å². The molecule has 3 rings (SSSR count). The maximum Gasteiger partial charge on any atom is 0.143 e. The second kappa shape index (κ2) is 4.31. The average molecular weight is 253 g/mol. The Morgan fingerprint density at radius 1 is 1.16 bits per heavy atom. The third kappa shape index (κ3) is 1.81. The molecular formula is C15H15N3O. The molecule has 0 spiro atoms. The van der Waals surface area contributed by atoms with Crippen LogP contribution in [0.2, 0.25) is 0 Å². The van der Waals surface area contributed by atoms with E-state index in [9.17, 15) is 0 Å². The van der Waals surface area contributed by atoms with Gasteiger partial charge >= 0.3 is 0 Å². The first-order valence-electron chi connectivity index (χ1n) is 6.08. The van der Waals surface area contributed by atoms with E-state index in [1.54, 1.807) is 7.11 Å². The van der Waals surface area contributed by atoms with Crippen molar-refractivity contribution in [1.82, 2.24) is 9.55 Å². The molecule has 1 heterocycles. The third-order valence-corrected chi connectivity index (χ3v) is 3.20. The fraction of sp³-hybridized carbons (Fsp3) is 0.133. The number of fused-ring (bicyclic) bond motifs is 1. The van der Waals surface area contributed by atoms with Gasteiger partial charge in [0.15, 0.2) is 0 Å². The van der Waals surface area contributed by atoms with Crippen molar-refractivity contribution < 1.29 is 4.74 Å². The summed E-state index contributed by atoms with van der Waals surface area (Å²) in [6.07, 6.45) is 0. The van der Waals surface area contributed by atoms with Crippen molar-refractivity contribution in [2.75, 3.05) is 12.8 Å². The van der Waals surface area contributed by atoms with Gasteiger partial charge in [-0.05, 0) is 31.2 Å². The Balaban J connectivity index is 2.27. The molecular weight excluding hydrogens is 238 g/mol. The summed E-state index contributed by atoms with van der Waals surface area (Å²) in [5, 5.41) is 0. The van der Waals surface area contributed by atoms with Crippen molar-refractivity contribution in [3.63, 3.8) is 0 Å². The highest BCUT2D eigenvalue weighted by Crippen LogP contribution is 2.27. The monoisotopic (exact) mass is 253 g/mol. The zero-order valence-electron chi connectivity index (χ0n) is 10.9. The molecule has 0 bridgehead atoms. The van der Waals surface area contributed by atoms with Crippen LogP contribution in [-0.2, 0) is 0 Å². The lowest BCUT2D eigenvalue weighted by molar-refractivity contribution is 0.417. The molecule has 0 fully saturated rings. The summed E-state index contributed by atoms with van der Waals surface area (Å²) < 4.78 is 7.37. The van der Waals surface area contributed by atoms with Crippen LogP contribution in [0.25, 0.3) is 16.7 Å². The summed E-state index contributed by atoms with van der Waals surface area (Å²) >= 11 is 0. The SMILES string of the molecule is COc1cc(-n2c(C)nc3ccccc32)ccc1N. The number of hydrogen-bond donors (Lipinski definition) is 1. The Hall–Kier alpha value is -2.49. The van der Waals surface area contributed by atoms with Gasteiger partial charge in [-0.1, -0.05) is 12.1 Å². The maximum absolute atomic E-state index is 5.85. The standard InChI is InChI=1S/C15H15N3O/c1-10-17-13-5-3-4-6-14(13)18(10)11-7-8-12(16)15(9-11)19-2/h3-9H,16H2,1-2H3. The molecule has 0 aliphatic heterocycles. The van der Waals surface area contributed by atoms with Crippen molar-refractivity contribution in [2.45, 2.75) is 6.92 Å². The fourth-order valence-corrected chi connectivity index (χ4v) is 2.31. The number of aromatic nitrogens is 2. The van der Waals surface area contributed by atoms with Crippen molar-refractivity contribution in [3.05, 3.63) is 48.3 Å². The van der Waals surface area contributed by atoms with Crippen LogP contribution in [-0.4, -0.2) is 16.7 Å². The predicted octanol–water partition coefficient (Wildman–Crippen LogP) is 2.92. The molecule has 4 nitrogen and oxygen atoms in total. The van der Waals surface area contributed by atoms with E-state index in [1.807, 2.05) is 43.3 Å². The van der Waals surface area contributed by atoms with Crippen molar-refractivity contribution >= 4 is 16.7 Å². The summed E-state index contributed by atoms with van der Waals surface area (Å²) in [6, 6.07) is 13.8. The molecule has 0 saturated heterocycles. The van der Waals surface area contributed by atoms with E-state index in [1.165, 1.54) is 0 Å². The predicted molar refractivity (Wildman–Crippen MR) is 76.8 cm³/mol. The van der Waals surface area contributed by atoms with Crippen molar-refractivity contribution in [3.8, 4) is 11.4 Å². The Morgan fingerprint density at radius 3 is 2.74 bits per heavy atom.